The van der Waals surface area contributed by atoms with Crippen LogP contribution in [0.1, 0.15) is 31.2 Å². The van der Waals surface area contributed by atoms with Crippen LogP contribution >= 0.6 is 11.6 Å². The summed E-state index contributed by atoms with van der Waals surface area (Å²) in [7, 11) is -3.88. The molecule has 0 saturated heterocycles. The first-order valence-corrected chi connectivity index (χ1v) is 8.20. The Morgan fingerprint density at radius 1 is 1.35 bits per heavy atom. The molecule has 0 heterocycles. The molecule has 1 aliphatic rings. The second-order valence-electron chi connectivity index (χ2n) is 4.83. The van der Waals surface area contributed by atoms with E-state index in [1.807, 2.05) is 6.07 Å². The molecule has 1 fully saturated rings. The van der Waals surface area contributed by atoms with Gasteiger partial charge in [0.2, 0.25) is 10.0 Å². The van der Waals surface area contributed by atoms with E-state index in [4.69, 9.17) is 16.9 Å². The van der Waals surface area contributed by atoms with Gasteiger partial charge in [-0.1, -0.05) is 24.4 Å². The highest BCUT2D eigenvalue weighted by Gasteiger charge is 2.29. The van der Waals surface area contributed by atoms with Crippen molar-refractivity contribution in [2.24, 2.45) is 0 Å². The number of halogens is 1. The second kappa shape index (κ2) is 6.10. The molecule has 2 atom stereocenters. The average molecular weight is 315 g/mol. The van der Waals surface area contributed by atoms with Gasteiger partial charge in [0.25, 0.3) is 0 Å². The smallest absolute Gasteiger partial charge is 0.242 e. The van der Waals surface area contributed by atoms with Gasteiger partial charge >= 0.3 is 0 Å². The fourth-order valence-electron chi connectivity index (χ4n) is 2.32. The number of hydrogen-bond acceptors (Lipinski definition) is 4. The summed E-state index contributed by atoms with van der Waals surface area (Å²) in [6.07, 6.45) is 2.23. The molecule has 0 spiro atoms. The monoisotopic (exact) mass is 314 g/mol. The minimum absolute atomic E-state index is 0.0344. The Morgan fingerprint density at radius 3 is 2.70 bits per heavy atom. The minimum Gasteiger partial charge on any atom is -0.391 e. The molecule has 5 nitrogen and oxygen atoms in total. The van der Waals surface area contributed by atoms with Crippen LogP contribution in [0.2, 0.25) is 5.02 Å². The summed E-state index contributed by atoms with van der Waals surface area (Å²) >= 11 is 5.80. The molecule has 0 aliphatic heterocycles. The summed E-state index contributed by atoms with van der Waals surface area (Å²) in [6.45, 7) is 0. The van der Waals surface area contributed by atoms with Gasteiger partial charge < -0.3 is 5.11 Å². The predicted molar refractivity (Wildman–Crippen MR) is 74.8 cm³/mol. The predicted octanol–water partition coefficient (Wildman–Crippen LogP) is 1.79. The molecule has 1 aromatic carbocycles. The first kappa shape index (κ1) is 15.3. The van der Waals surface area contributed by atoms with Crippen LogP contribution in [0.4, 0.5) is 0 Å². The van der Waals surface area contributed by atoms with Crippen LogP contribution in [-0.2, 0) is 10.0 Å². The molecule has 20 heavy (non-hydrogen) atoms. The maximum Gasteiger partial charge on any atom is 0.242 e. The first-order chi connectivity index (χ1) is 9.44. The Bertz CT molecular complexity index is 640. The van der Waals surface area contributed by atoms with E-state index in [1.165, 1.54) is 18.2 Å². The van der Waals surface area contributed by atoms with Crippen molar-refractivity contribution in [3.8, 4) is 6.07 Å². The lowest BCUT2D eigenvalue weighted by molar-refractivity contribution is 0.101. The lowest BCUT2D eigenvalue weighted by Crippen LogP contribution is -2.45. The summed E-state index contributed by atoms with van der Waals surface area (Å²) in [4.78, 5) is -0.148. The van der Waals surface area contributed by atoms with E-state index in [1.54, 1.807) is 0 Å². The third-order valence-corrected chi connectivity index (χ3v) is 5.15. The first-order valence-electron chi connectivity index (χ1n) is 6.34. The zero-order valence-electron chi connectivity index (χ0n) is 10.7. The summed E-state index contributed by atoms with van der Waals surface area (Å²) in [6, 6.07) is 5.41. The molecule has 0 bridgehead atoms. The van der Waals surface area contributed by atoms with Crippen LogP contribution in [0.3, 0.4) is 0 Å². The van der Waals surface area contributed by atoms with E-state index >= 15 is 0 Å². The Labute approximate surface area is 123 Å². The molecule has 0 amide bonds. The molecule has 1 aliphatic carbocycles. The van der Waals surface area contributed by atoms with Crippen molar-refractivity contribution in [3.05, 3.63) is 28.8 Å². The zero-order chi connectivity index (χ0) is 14.8. The SMILES string of the molecule is N#Cc1ccc(Cl)cc1S(=O)(=O)N[C@@H]1CCCC[C@H]1O. The summed E-state index contributed by atoms with van der Waals surface area (Å²) in [5.41, 5.74) is 0.0344. The highest BCUT2D eigenvalue weighted by Crippen LogP contribution is 2.24. The van der Waals surface area contributed by atoms with Crippen molar-refractivity contribution in [1.29, 1.82) is 5.26 Å². The minimum atomic E-state index is -3.88. The molecule has 108 valence electrons. The lowest BCUT2D eigenvalue weighted by Gasteiger charge is -2.28. The topological polar surface area (TPSA) is 90.2 Å². The number of hydrogen-bond donors (Lipinski definition) is 2. The Morgan fingerprint density at radius 2 is 2.05 bits per heavy atom. The molecule has 1 saturated carbocycles. The van der Waals surface area contributed by atoms with Crippen LogP contribution in [0.15, 0.2) is 23.1 Å². The van der Waals surface area contributed by atoms with E-state index in [2.05, 4.69) is 4.72 Å². The van der Waals surface area contributed by atoms with E-state index in [0.29, 0.717) is 12.8 Å². The number of sulfonamides is 1. The van der Waals surface area contributed by atoms with Crippen molar-refractivity contribution < 1.29 is 13.5 Å². The number of aliphatic hydroxyl groups is 1. The van der Waals surface area contributed by atoms with Gasteiger partial charge in [0, 0.05) is 11.1 Å². The normalized spacial score (nSPS) is 23.2. The summed E-state index contributed by atoms with van der Waals surface area (Å²) < 4.78 is 27.2. The fraction of sp³-hybridized carbons (Fsp3) is 0.462. The summed E-state index contributed by atoms with van der Waals surface area (Å²) in [5, 5.41) is 19.1. The molecule has 2 N–H and O–H groups in total. The molecular weight excluding hydrogens is 300 g/mol. The lowest BCUT2D eigenvalue weighted by atomic mass is 9.93. The second-order valence-corrected chi connectivity index (χ2v) is 6.95. The van der Waals surface area contributed by atoms with Gasteiger partial charge in [0.05, 0.1) is 11.7 Å². The van der Waals surface area contributed by atoms with Gasteiger partial charge in [-0.15, -0.1) is 0 Å². The molecule has 2 rings (SSSR count). The third kappa shape index (κ3) is 3.30. The van der Waals surface area contributed by atoms with Gasteiger partial charge in [-0.3, -0.25) is 0 Å². The zero-order valence-corrected chi connectivity index (χ0v) is 12.3. The van der Waals surface area contributed by atoms with Crippen molar-refractivity contribution >= 4 is 21.6 Å². The third-order valence-electron chi connectivity index (χ3n) is 3.39. The maximum atomic E-state index is 12.3. The Balaban J connectivity index is 2.31. The Hall–Kier alpha value is -1.13. The van der Waals surface area contributed by atoms with E-state index < -0.39 is 22.2 Å². The number of nitriles is 1. The fourth-order valence-corrected chi connectivity index (χ4v) is 4.04. The van der Waals surface area contributed by atoms with Gasteiger partial charge in [0.15, 0.2) is 0 Å². The van der Waals surface area contributed by atoms with Crippen LogP contribution in [-0.4, -0.2) is 25.7 Å². The van der Waals surface area contributed by atoms with Crippen LogP contribution < -0.4 is 4.72 Å². The highest BCUT2D eigenvalue weighted by molar-refractivity contribution is 7.89. The standard InChI is InChI=1S/C13H15ClN2O3S/c14-10-6-5-9(8-15)13(7-10)20(18,19)16-11-3-1-2-4-12(11)17/h5-7,11-12,16-17H,1-4H2/t11-,12-/m1/s1. The number of benzene rings is 1. The molecule has 0 aromatic heterocycles. The quantitative estimate of drug-likeness (QED) is 0.890. The van der Waals surface area contributed by atoms with Gasteiger partial charge in [-0.05, 0) is 31.0 Å². The van der Waals surface area contributed by atoms with Crippen LogP contribution in [0.25, 0.3) is 0 Å². The number of nitrogens with zero attached hydrogens (tertiary/aromatic N) is 1. The largest absolute Gasteiger partial charge is 0.391 e. The van der Waals surface area contributed by atoms with Gasteiger partial charge in [0.1, 0.15) is 11.0 Å². The van der Waals surface area contributed by atoms with Crippen molar-refractivity contribution in [2.45, 2.75) is 42.7 Å². The van der Waals surface area contributed by atoms with Crippen molar-refractivity contribution in [3.63, 3.8) is 0 Å². The Kier molecular flexibility index (Phi) is 4.66. The summed E-state index contributed by atoms with van der Waals surface area (Å²) in [5.74, 6) is 0. The van der Waals surface area contributed by atoms with Gasteiger partial charge in [-0.25, -0.2) is 13.1 Å². The molecule has 1 aromatic rings. The number of aliphatic hydroxyl groups excluding tert-OH is 1. The van der Waals surface area contributed by atoms with E-state index in [-0.39, 0.29) is 15.5 Å². The van der Waals surface area contributed by atoms with Crippen molar-refractivity contribution in [1.82, 2.24) is 4.72 Å². The van der Waals surface area contributed by atoms with Crippen LogP contribution in [0.5, 0.6) is 0 Å². The van der Waals surface area contributed by atoms with Crippen molar-refractivity contribution in [2.75, 3.05) is 0 Å². The molecule has 7 heteroatoms. The highest BCUT2D eigenvalue weighted by atomic mass is 35.5. The maximum absolute atomic E-state index is 12.3. The average Bonchev–Trinajstić information content (AvgIpc) is 2.41. The van der Waals surface area contributed by atoms with E-state index in [0.717, 1.165) is 12.8 Å². The molecule has 0 unspecified atom stereocenters. The van der Waals surface area contributed by atoms with Gasteiger partial charge in [-0.2, -0.15) is 5.26 Å². The van der Waals surface area contributed by atoms with E-state index in [9.17, 15) is 13.5 Å². The molecule has 0 radical (unpaired) electrons. The van der Waals surface area contributed by atoms with Crippen LogP contribution in [0, 0.1) is 11.3 Å². The molecular formula is C13H15ClN2O3S. The number of rotatable bonds is 3. The number of nitrogens with one attached hydrogen (secondary N) is 1.